The first kappa shape index (κ1) is 19.7. The van der Waals surface area contributed by atoms with Gasteiger partial charge in [-0.15, -0.1) is 0 Å². The Morgan fingerprint density at radius 1 is 1.15 bits per heavy atom. The highest BCUT2D eigenvalue weighted by molar-refractivity contribution is 7.71. The lowest BCUT2D eigenvalue weighted by atomic mass is 9.94. The second-order valence-corrected chi connectivity index (χ2v) is 6.00. The number of nitrogens with one attached hydrogen (secondary N) is 1. The molecule has 1 heterocycles. The van der Waals surface area contributed by atoms with Gasteiger partial charge in [0.1, 0.15) is 29.1 Å². The van der Waals surface area contributed by atoms with Crippen molar-refractivity contribution in [3.63, 3.8) is 0 Å². The van der Waals surface area contributed by atoms with E-state index < -0.39 is 0 Å². The molecule has 0 aliphatic heterocycles. The summed E-state index contributed by atoms with van der Waals surface area (Å²) in [5.41, 5.74) is 2.97. The number of hydrogen-bond acceptors (Lipinski definition) is 5. The minimum absolute atomic E-state index is 0.0580. The molecule has 26 heavy (non-hydrogen) atoms. The van der Waals surface area contributed by atoms with Gasteiger partial charge in [-0.2, -0.15) is 10.5 Å². The molecule has 0 saturated heterocycles. The highest BCUT2D eigenvalue weighted by Crippen LogP contribution is 2.43. The fourth-order valence-electron chi connectivity index (χ4n) is 2.69. The molecule has 5 nitrogen and oxygen atoms in total. The van der Waals surface area contributed by atoms with Crippen LogP contribution in [0.25, 0.3) is 11.1 Å². The maximum absolute atomic E-state index is 9.65. The van der Waals surface area contributed by atoms with E-state index in [2.05, 4.69) is 17.1 Å². The van der Waals surface area contributed by atoms with Crippen molar-refractivity contribution in [2.45, 2.75) is 32.6 Å². The first-order chi connectivity index (χ1) is 12.7. The zero-order chi connectivity index (χ0) is 19.1. The number of nitriles is 2. The number of hydrogen-bond donors (Lipinski definition) is 2. The average Bonchev–Trinajstić information content (AvgIpc) is 3.52. The van der Waals surface area contributed by atoms with Gasteiger partial charge in [0.05, 0.1) is 17.7 Å². The quantitative estimate of drug-likeness (QED) is 0.763. The molecule has 1 fully saturated rings. The third kappa shape index (κ3) is 4.11. The van der Waals surface area contributed by atoms with Crippen LogP contribution in [0.4, 0.5) is 0 Å². The topological polar surface area (TPSA) is 92.8 Å². The van der Waals surface area contributed by atoms with E-state index in [-0.39, 0.29) is 13.2 Å². The van der Waals surface area contributed by atoms with Gasteiger partial charge in [0, 0.05) is 17.2 Å². The zero-order valence-corrected chi connectivity index (χ0v) is 15.7. The summed E-state index contributed by atoms with van der Waals surface area (Å²) in [7, 11) is 0. The fraction of sp³-hybridized carbons (Fsp3) is 0.350. The molecule has 1 aromatic carbocycles. The second-order valence-electron chi connectivity index (χ2n) is 5.59. The van der Waals surface area contributed by atoms with Crippen molar-refractivity contribution in [2.24, 2.45) is 0 Å². The Balaban J connectivity index is 0.00000117. The fourth-order valence-corrected chi connectivity index (χ4v) is 2.95. The molecule has 2 aromatic rings. The number of aromatic amines is 1. The maximum Gasteiger partial charge on any atom is 0.122 e. The van der Waals surface area contributed by atoms with E-state index >= 15 is 0 Å². The van der Waals surface area contributed by atoms with E-state index in [0.29, 0.717) is 33.0 Å². The molecule has 6 heteroatoms. The summed E-state index contributed by atoms with van der Waals surface area (Å²) in [6, 6.07) is 11.5. The van der Waals surface area contributed by atoms with Crippen LogP contribution in [-0.4, -0.2) is 23.3 Å². The highest BCUT2D eigenvalue weighted by Gasteiger charge is 2.30. The minimum Gasteiger partial charge on any atom is -0.491 e. The van der Waals surface area contributed by atoms with Crippen LogP contribution in [0.2, 0.25) is 0 Å². The molecule has 0 bridgehead atoms. The van der Waals surface area contributed by atoms with E-state index in [1.165, 1.54) is 0 Å². The number of benzene rings is 1. The number of aromatic nitrogens is 1. The highest BCUT2D eigenvalue weighted by atomic mass is 32.1. The average molecular weight is 367 g/mol. The number of aliphatic hydroxyl groups excluding tert-OH is 1. The molecule has 2 N–H and O–H groups in total. The zero-order valence-electron chi connectivity index (χ0n) is 14.9. The molecule has 1 aromatic heterocycles. The van der Waals surface area contributed by atoms with Crippen LogP contribution in [0.1, 0.15) is 49.4 Å². The second kappa shape index (κ2) is 9.15. The van der Waals surface area contributed by atoms with Crippen LogP contribution in [0.5, 0.6) is 5.75 Å². The Hall–Kier alpha value is -2.67. The van der Waals surface area contributed by atoms with Crippen LogP contribution in [0, 0.1) is 27.3 Å². The van der Waals surface area contributed by atoms with Crippen molar-refractivity contribution in [1.82, 2.24) is 4.98 Å². The molecule has 0 amide bonds. The summed E-state index contributed by atoms with van der Waals surface area (Å²) < 4.78 is 5.72. The number of rotatable bonds is 5. The molecule has 1 aliphatic carbocycles. The number of nitrogens with zero attached hydrogens (tertiary/aromatic N) is 2. The van der Waals surface area contributed by atoms with Gasteiger partial charge in [0.2, 0.25) is 0 Å². The van der Waals surface area contributed by atoms with Crippen LogP contribution in [0.3, 0.4) is 0 Å². The van der Waals surface area contributed by atoms with Crippen molar-refractivity contribution >= 4 is 12.2 Å². The van der Waals surface area contributed by atoms with Crippen LogP contribution < -0.4 is 4.74 Å². The summed E-state index contributed by atoms with van der Waals surface area (Å²) in [4.78, 5) is 3.08. The van der Waals surface area contributed by atoms with Crippen LogP contribution >= 0.6 is 12.2 Å². The molecule has 0 radical (unpaired) electrons. The lowest BCUT2D eigenvalue weighted by Crippen LogP contribution is -2.02. The third-order valence-electron chi connectivity index (χ3n) is 3.96. The van der Waals surface area contributed by atoms with Gasteiger partial charge < -0.3 is 14.8 Å². The summed E-state index contributed by atoms with van der Waals surface area (Å²) in [6.45, 7) is 4.16. The predicted molar refractivity (Wildman–Crippen MR) is 102 cm³/mol. The molecule has 1 saturated carbocycles. The number of pyridine rings is 1. The van der Waals surface area contributed by atoms with Crippen molar-refractivity contribution < 1.29 is 9.84 Å². The lowest BCUT2D eigenvalue weighted by molar-refractivity contribution is 0.201. The molecule has 0 spiro atoms. The third-order valence-corrected chi connectivity index (χ3v) is 4.26. The molecule has 0 unspecified atom stereocenters. The maximum atomic E-state index is 9.65. The molecular formula is C20H21N3O2S. The molecule has 0 atom stereocenters. The number of aliphatic hydroxyl groups is 1. The van der Waals surface area contributed by atoms with Crippen molar-refractivity contribution in [1.29, 1.82) is 10.5 Å². The Bertz CT molecular complexity index is 901. The summed E-state index contributed by atoms with van der Waals surface area (Å²) in [5.74, 6) is 0.938. The van der Waals surface area contributed by atoms with E-state index in [0.717, 1.165) is 24.1 Å². The van der Waals surface area contributed by atoms with Gasteiger partial charge in [0.25, 0.3) is 0 Å². The molecular weight excluding hydrogens is 346 g/mol. The van der Waals surface area contributed by atoms with E-state index in [1.54, 1.807) is 24.3 Å². The summed E-state index contributed by atoms with van der Waals surface area (Å²) >= 11 is 5.32. The van der Waals surface area contributed by atoms with Gasteiger partial charge in [0.15, 0.2) is 0 Å². The minimum atomic E-state index is -0.0580. The van der Waals surface area contributed by atoms with Gasteiger partial charge in [-0.1, -0.05) is 38.2 Å². The van der Waals surface area contributed by atoms with Crippen molar-refractivity contribution in [3.8, 4) is 29.0 Å². The predicted octanol–water partition coefficient (Wildman–Crippen LogP) is 4.43. The van der Waals surface area contributed by atoms with Crippen LogP contribution in [0.15, 0.2) is 24.3 Å². The lowest BCUT2D eigenvalue weighted by Gasteiger charge is -2.12. The standard InChI is InChI=1S/C18H15N3O2S.C2H6/c19-9-14-16(11-3-5-13(6-4-11)23-8-7-22)15(10-20)18(24)21-17(14)12-1-2-12;1-2/h3-6,12,22H,1-2,7-8H2,(H,21,24);1-2H3. The van der Waals surface area contributed by atoms with E-state index in [1.807, 2.05) is 13.8 Å². The first-order valence-corrected chi connectivity index (χ1v) is 9.05. The normalized spacial score (nSPS) is 12.3. The Kier molecular flexibility index (Phi) is 6.91. The van der Waals surface area contributed by atoms with Crippen molar-refractivity contribution in [2.75, 3.05) is 13.2 Å². The first-order valence-electron chi connectivity index (χ1n) is 8.64. The Morgan fingerprint density at radius 3 is 2.27 bits per heavy atom. The molecule has 134 valence electrons. The largest absolute Gasteiger partial charge is 0.491 e. The van der Waals surface area contributed by atoms with Crippen molar-refractivity contribution in [3.05, 3.63) is 45.7 Å². The monoisotopic (exact) mass is 367 g/mol. The molecule has 3 rings (SSSR count). The van der Waals surface area contributed by atoms with E-state index in [9.17, 15) is 10.5 Å². The van der Waals surface area contributed by atoms with Gasteiger partial charge in [-0.25, -0.2) is 0 Å². The smallest absolute Gasteiger partial charge is 0.122 e. The Morgan fingerprint density at radius 2 is 1.77 bits per heavy atom. The van der Waals surface area contributed by atoms with Gasteiger partial charge in [-0.05, 0) is 30.5 Å². The summed E-state index contributed by atoms with van der Waals surface area (Å²) in [5, 5.41) is 28.0. The van der Waals surface area contributed by atoms with Crippen LogP contribution in [-0.2, 0) is 0 Å². The van der Waals surface area contributed by atoms with Gasteiger partial charge in [-0.3, -0.25) is 0 Å². The van der Waals surface area contributed by atoms with E-state index in [4.69, 9.17) is 22.1 Å². The number of H-pyrrole nitrogens is 1. The molecule has 1 aliphatic rings. The van der Waals surface area contributed by atoms with Gasteiger partial charge >= 0.3 is 0 Å². The SMILES string of the molecule is CC.N#Cc1c(C2CC2)[nH]c(=S)c(C#N)c1-c1ccc(OCCO)cc1. The number of ether oxygens (including phenoxy) is 1. The Labute approximate surface area is 158 Å². The summed E-state index contributed by atoms with van der Waals surface area (Å²) in [6.07, 6.45) is 2.05.